The lowest BCUT2D eigenvalue weighted by Gasteiger charge is -2.28. The Labute approximate surface area is 197 Å². The molecule has 0 atom stereocenters. The number of nitrogens with one attached hydrogen (secondary N) is 5. The number of morpholine rings is 1. The van der Waals surface area contributed by atoms with Crippen LogP contribution in [0.25, 0.3) is 0 Å². The Morgan fingerprint density at radius 3 is 2.62 bits per heavy atom. The van der Waals surface area contributed by atoms with Crippen molar-refractivity contribution >= 4 is 34.6 Å². The summed E-state index contributed by atoms with van der Waals surface area (Å²) >= 11 is 0. The highest BCUT2D eigenvalue weighted by atomic mass is 16.5. The van der Waals surface area contributed by atoms with Crippen molar-refractivity contribution in [3.63, 3.8) is 0 Å². The number of nitrogens with zero attached hydrogens (tertiary/aromatic N) is 1. The third-order valence-electron chi connectivity index (χ3n) is 5.03. The molecule has 0 saturated carbocycles. The summed E-state index contributed by atoms with van der Waals surface area (Å²) in [5.41, 5.74) is 12.0. The second-order valence-electron chi connectivity index (χ2n) is 7.34. The third kappa shape index (κ3) is 5.94. The summed E-state index contributed by atoms with van der Waals surface area (Å²) < 4.78 is 16.4. The zero-order chi connectivity index (χ0) is 23.8. The Morgan fingerprint density at radius 1 is 1.06 bits per heavy atom. The molecule has 0 spiro atoms. The quantitative estimate of drug-likeness (QED) is 0.141. The minimum absolute atomic E-state index is 0.198. The zero-order valence-corrected chi connectivity index (χ0v) is 18.5. The molecular weight excluding hydrogens is 436 g/mol. The van der Waals surface area contributed by atoms with E-state index in [9.17, 15) is 4.79 Å². The highest BCUT2D eigenvalue weighted by molar-refractivity contribution is 5.99. The van der Waals surface area contributed by atoms with Crippen molar-refractivity contribution in [2.45, 2.75) is 0 Å². The van der Waals surface area contributed by atoms with Gasteiger partial charge >= 0.3 is 0 Å². The van der Waals surface area contributed by atoms with Gasteiger partial charge in [0.05, 0.1) is 25.2 Å². The maximum absolute atomic E-state index is 11.5. The first-order valence-electron chi connectivity index (χ1n) is 10.7. The molecular formula is C24H26N6O4. The number of carbonyl (C=O) groups is 1. The van der Waals surface area contributed by atoms with E-state index in [2.05, 4.69) is 33.2 Å². The van der Waals surface area contributed by atoms with E-state index in [1.807, 2.05) is 24.3 Å². The minimum atomic E-state index is -0.334. The Bertz CT molecular complexity index is 1140. The number of amides is 1. The molecule has 4 rings (SSSR count). The molecule has 2 aromatic carbocycles. The van der Waals surface area contributed by atoms with Gasteiger partial charge in [-0.25, -0.2) is 0 Å². The predicted molar refractivity (Wildman–Crippen MR) is 131 cm³/mol. The van der Waals surface area contributed by atoms with Crippen molar-refractivity contribution in [3.8, 4) is 5.75 Å². The molecule has 1 aliphatic rings. The van der Waals surface area contributed by atoms with Gasteiger partial charge in [0, 0.05) is 36.6 Å². The Kier molecular flexibility index (Phi) is 7.43. The molecule has 10 heteroatoms. The van der Waals surface area contributed by atoms with Crippen LogP contribution in [-0.2, 0) is 9.53 Å². The Morgan fingerprint density at radius 2 is 1.85 bits per heavy atom. The molecule has 1 fully saturated rings. The molecule has 5 N–H and O–H groups in total. The van der Waals surface area contributed by atoms with Crippen LogP contribution in [0, 0.1) is 5.41 Å². The molecule has 1 aliphatic heterocycles. The van der Waals surface area contributed by atoms with Crippen molar-refractivity contribution in [2.75, 3.05) is 47.4 Å². The monoisotopic (exact) mass is 462 g/mol. The largest absolute Gasteiger partial charge is 0.457 e. The van der Waals surface area contributed by atoms with Crippen LogP contribution in [0.2, 0.25) is 0 Å². The normalized spacial score (nSPS) is 13.1. The Hall–Kier alpha value is -4.28. The zero-order valence-electron chi connectivity index (χ0n) is 18.5. The summed E-state index contributed by atoms with van der Waals surface area (Å²) in [7, 11) is 0. The lowest BCUT2D eigenvalue weighted by Crippen LogP contribution is -2.36. The standard InChI is InChI=1S/C24H26N6O4/c1-2-22(31)26-18-4-3-5-20(16-18)34-24(25)23-21(10-13-33-23)28-29-27-17-6-8-19(9-7-17)30-11-14-32-15-12-30/h2-10,13,16,25,27-29H,1,11-12,14-15H2,(H,26,31). The second-order valence-corrected chi connectivity index (χ2v) is 7.34. The van der Waals surface area contributed by atoms with Crippen LogP contribution in [0.4, 0.5) is 22.7 Å². The van der Waals surface area contributed by atoms with E-state index in [-0.39, 0.29) is 17.6 Å². The summed E-state index contributed by atoms with van der Waals surface area (Å²) in [6, 6.07) is 16.4. The average molecular weight is 463 g/mol. The highest BCUT2D eigenvalue weighted by Gasteiger charge is 2.15. The van der Waals surface area contributed by atoms with Gasteiger partial charge in [0.25, 0.3) is 5.90 Å². The molecule has 2 heterocycles. The number of ether oxygens (including phenoxy) is 2. The molecule has 0 aliphatic carbocycles. The van der Waals surface area contributed by atoms with Gasteiger partial charge in [-0.05, 0) is 42.5 Å². The van der Waals surface area contributed by atoms with Gasteiger partial charge in [0.2, 0.25) is 11.7 Å². The average Bonchev–Trinajstić information content (AvgIpc) is 3.34. The van der Waals surface area contributed by atoms with Crippen molar-refractivity contribution in [1.29, 1.82) is 5.41 Å². The third-order valence-corrected chi connectivity index (χ3v) is 5.03. The van der Waals surface area contributed by atoms with Gasteiger partial charge in [-0.2, -0.15) is 0 Å². The van der Waals surface area contributed by atoms with Crippen LogP contribution >= 0.6 is 0 Å². The summed E-state index contributed by atoms with van der Waals surface area (Å²) in [6.45, 7) is 6.69. The van der Waals surface area contributed by atoms with Gasteiger partial charge in [0.15, 0.2) is 0 Å². The first-order valence-corrected chi connectivity index (χ1v) is 10.7. The number of hydrazine groups is 2. The topological polar surface area (TPSA) is 124 Å². The van der Waals surface area contributed by atoms with Gasteiger partial charge in [0.1, 0.15) is 11.4 Å². The van der Waals surface area contributed by atoms with E-state index >= 15 is 0 Å². The van der Waals surface area contributed by atoms with Crippen molar-refractivity contribution < 1.29 is 18.7 Å². The van der Waals surface area contributed by atoms with E-state index in [0.29, 0.717) is 17.1 Å². The molecule has 1 amide bonds. The maximum atomic E-state index is 11.5. The summed E-state index contributed by atoms with van der Waals surface area (Å²) in [6.07, 6.45) is 2.63. The Balaban J connectivity index is 1.30. The second kappa shape index (κ2) is 11.0. The van der Waals surface area contributed by atoms with Crippen LogP contribution in [0.3, 0.4) is 0 Å². The fraction of sp³-hybridized carbons (Fsp3) is 0.167. The van der Waals surface area contributed by atoms with E-state index in [0.717, 1.165) is 37.7 Å². The molecule has 1 aromatic heterocycles. The van der Waals surface area contributed by atoms with Crippen LogP contribution in [0.15, 0.2) is 77.9 Å². The number of anilines is 4. The van der Waals surface area contributed by atoms with Crippen LogP contribution in [0.5, 0.6) is 5.75 Å². The van der Waals surface area contributed by atoms with Crippen LogP contribution in [0.1, 0.15) is 5.76 Å². The van der Waals surface area contributed by atoms with Gasteiger partial charge in [-0.3, -0.25) is 10.2 Å². The maximum Gasteiger partial charge on any atom is 0.257 e. The molecule has 0 bridgehead atoms. The molecule has 0 radical (unpaired) electrons. The molecule has 176 valence electrons. The van der Waals surface area contributed by atoms with E-state index < -0.39 is 0 Å². The molecule has 1 saturated heterocycles. The number of hydrogen-bond donors (Lipinski definition) is 5. The molecule has 34 heavy (non-hydrogen) atoms. The lowest BCUT2D eigenvalue weighted by atomic mass is 10.2. The number of furan rings is 1. The van der Waals surface area contributed by atoms with E-state index in [4.69, 9.17) is 19.3 Å². The smallest absolute Gasteiger partial charge is 0.257 e. The number of benzene rings is 2. The molecule has 0 unspecified atom stereocenters. The fourth-order valence-electron chi connectivity index (χ4n) is 3.33. The van der Waals surface area contributed by atoms with Crippen LogP contribution < -0.4 is 31.3 Å². The number of carbonyl (C=O) groups excluding carboxylic acids is 1. The number of rotatable bonds is 9. The number of hydrogen-bond acceptors (Lipinski definition) is 9. The first-order chi connectivity index (χ1) is 16.6. The van der Waals surface area contributed by atoms with Gasteiger partial charge in [-0.1, -0.05) is 12.6 Å². The molecule has 3 aromatic rings. The fourth-order valence-corrected chi connectivity index (χ4v) is 3.33. The van der Waals surface area contributed by atoms with E-state index in [1.165, 1.54) is 12.3 Å². The minimum Gasteiger partial charge on any atom is -0.457 e. The van der Waals surface area contributed by atoms with Crippen molar-refractivity contribution in [3.05, 3.63) is 79.3 Å². The van der Waals surface area contributed by atoms with Gasteiger partial charge in [-0.15, -0.1) is 5.53 Å². The summed E-state index contributed by atoms with van der Waals surface area (Å²) in [4.78, 5) is 13.8. The van der Waals surface area contributed by atoms with Crippen LogP contribution in [-0.4, -0.2) is 38.1 Å². The highest BCUT2D eigenvalue weighted by Crippen LogP contribution is 2.22. The summed E-state index contributed by atoms with van der Waals surface area (Å²) in [5.74, 6) is 0.0496. The first kappa shape index (κ1) is 22.9. The molecule has 10 nitrogen and oxygen atoms in total. The van der Waals surface area contributed by atoms with Gasteiger partial charge < -0.3 is 35.0 Å². The SMILES string of the molecule is C=CC(=O)Nc1cccc(OC(=N)c2occc2NNNc2ccc(N3CCOCC3)cc2)c1. The van der Waals surface area contributed by atoms with E-state index in [1.54, 1.807) is 30.3 Å². The van der Waals surface area contributed by atoms with Crippen molar-refractivity contribution in [1.82, 2.24) is 5.53 Å². The lowest BCUT2D eigenvalue weighted by molar-refractivity contribution is -0.111. The van der Waals surface area contributed by atoms with Crippen molar-refractivity contribution in [2.24, 2.45) is 0 Å². The predicted octanol–water partition coefficient (Wildman–Crippen LogP) is 3.59. The summed E-state index contributed by atoms with van der Waals surface area (Å²) in [5, 5.41) is 10.9.